The molecule has 0 spiro atoms. The third kappa shape index (κ3) is 2.93. The van der Waals surface area contributed by atoms with Crippen LogP contribution in [0, 0.1) is 10.1 Å². The Hall–Kier alpha value is -2.25. The fourth-order valence-electron chi connectivity index (χ4n) is 1.75. The molecule has 2 rings (SSSR count). The molecule has 0 saturated heterocycles. The third-order valence-corrected chi connectivity index (χ3v) is 4.74. The van der Waals surface area contributed by atoms with Crippen LogP contribution in [-0.2, 0) is 9.84 Å². The van der Waals surface area contributed by atoms with E-state index in [4.69, 9.17) is 11.6 Å². The minimum absolute atomic E-state index is 0.00340. The summed E-state index contributed by atoms with van der Waals surface area (Å²) in [7, 11) is -4.12. The van der Waals surface area contributed by atoms with Gasteiger partial charge < -0.3 is 0 Å². The molecule has 21 heavy (non-hydrogen) atoms. The number of nitro benzene ring substituents is 1. The van der Waals surface area contributed by atoms with Crippen molar-refractivity contribution in [1.82, 2.24) is 0 Å². The Morgan fingerprint density at radius 2 is 1.76 bits per heavy atom. The summed E-state index contributed by atoms with van der Waals surface area (Å²) in [6, 6.07) is 10.0. The molecule has 0 aliphatic heterocycles. The maximum Gasteiger partial charge on any atom is 0.288 e. The van der Waals surface area contributed by atoms with Gasteiger partial charge >= 0.3 is 0 Å². The van der Waals surface area contributed by atoms with Gasteiger partial charge in [0, 0.05) is 11.6 Å². The van der Waals surface area contributed by atoms with Crippen molar-refractivity contribution in [2.75, 3.05) is 0 Å². The van der Waals surface area contributed by atoms with Gasteiger partial charge in [0.25, 0.3) is 10.9 Å². The first kappa shape index (κ1) is 15.1. The minimum atomic E-state index is -4.12. The molecular formula is C13H8ClNO5S. The van der Waals surface area contributed by atoms with Crippen LogP contribution >= 0.6 is 11.6 Å². The Morgan fingerprint density at radius 3 is 2.38 bits per heavy atom. The minimum Gasteiger partial charge on any atom is -0.276 e. The molecule has 2 aromatic carbocycles. The Balaban J connectivity index is 2.66. The monoisotopic (exact) mass is 325 g/mol. The second-order valence-electron chi connectivity index (χ2n) is 4.03. The van der Waals surface area contributed by atoms with Gasteiger partial charge in [-0.25, -0.2) is 8.42 Å². The number of hydrogen-bond donors (Lipinski definition) is 0. The lowest BCUT2D eigenvalue weighted by Crippen LogP contribution is -2.06. The van der Waals surface area contributed by atoms with Gasteiger partial charge in [-0.3, -0.25) is 14.9 Å². The SMILES string of the molecule is O=C(Cl)c1cccc(S(=O)(=O)c2ccccc2[N+](=O)[O-])c1. The lowest BCUT2D eigenvalue weighted by atomic mass is 10.2. The summed E-state index contributed by atoms with van der Waals surface area (Å²) < 4.78 is 25.0. The summed E-state index contributed by atoms with van der Waals surface area (Å²) in [4.78, 5) is 20.6. The Bertz CT molecular complexity index is 832. The molecular weight excluding hydrogens is 318 g/mol. The molecule has 0 unspecified atom stereocenters. The largest absolute Gasteiger partial charge is 0.288 e. The predicted molar refractivity (Wildman–Crippen MR) is 75.2 cm³/mol. The third-order valence-electron chi connectivity index (χ3n) is 2.72. The Morgan fingerprint density at radius 1 is 1.10 bits per heavy atom. The van der Waals surface area contributed by atoms with Crippen molar-refractivity contribution < 1.29 is 18.1 Å². The number of para-hydroxylation sites is 1. The molecule has 0 fully saturated rings. The highest BCUT2D eigenvalue weighted by Gasteiger charge is 2.27. The number of carbonyl (C=O) groups excluding carboxylic acids is 1. The van der Waals surface area contributed by atoms with Crippen molar-refractivity contribution >= 4 is 32.4 Å². The van der Waals surface area contributed by atoms with Crippen LogP contribution in [0.4, 0.5) is 5.69 Å². The molecule has 0 amide bonds. The molecule has 0 atom stereocenters. The summed E-state index contributed by atoms with van der Waals surface area (Å²) in [5.74, 6) is 0. The number of rotatable bonds is 4. The van der Waals surface area contributed by atoms with Gasteiger partial charge in [0.1, 0.15) is 4.90 Å². The molecule has 0 aliphatic rings. The maximum absolute atomic E-state index is 12.5. The van der Waals surface area contributed by atoms with Gasteiger partial charge in [0.15, 0.2) is 0 Å². The lowest BCUT2D eigenvalue weighted by molar-refractivity contribution is -0.387. The highest BCUT2D eigenvalue weighted by atomic mass is 35.5. The van der Waals surface area contributed by atoms with Crippen molar-refractivity contribution in [1.29, 1.82) is 0 Å². The van der Waals surface area contributed by atoms with Crippen LogP contribution in [0.25, 0.3) is 0 Å². The van der Waals surface area contributed by atoms with Crippen molar-refractivity contribution in [3.05, 3.63) is 64.2 Å². The Kier molecular flexibility index (Phi) is 4.06. The average molecular weight is 326 g/mol. The molecule has 0 bridgehead atoms. The van der Waals surface area contributed by atoms with Crippen LogP contribution in [0.15, 0.2) is 58.3 Å². The first-order valence-corrected chi connectivity index (χ1v) is 7.48. The Labute approximate surface area is 125 Å². The van der Waals surface area contributed by atoms with Gasteiger partial charge in [-0.1, -0.05) is 24.3 Å². The summed E-state index contributed by atoms with van der Waals surface area (Å²) in [5, 5.41) is 10.1. The number of sulfone groups is 1. The lowest BCUT2D eigenvalue weighted by Gasteiger charge is -2.06. The zero-order valence-electron chi connectivity index (χ0n) is 10.4. The van der Waals surface area contributed by atoms with E-state index >= 15 is 0 Å². The van der Waals surface area contributed by atoms with Crippen molar-refractivity contribution in [2.45, 2.75) is 9.79 Å². The summed E-state index contributed by atoms with van der Waals surface area (Å²) >= 11 is 5.31. The van der Waals surface area contributed by atoms with E-state index in [2.05, 4.69) is 0 Å². The standard InChI is InChI=1S/C13H8ClNO5S/c14-13(16)9-4-3-5-10(8-9)21(19,20)12-7-2-1-6-11(12)15(17)18/h1-8H. The van der Waals surface area contributed by atoms with Gasteiger partial charge in [0.2, 0.25) is 9.84 Å². The molecule has 0 saturated carbocycles. The highest BCUT2D eigenvalue weighted by molar-refractivity contribution is 7.91. The first-order valence-electron chi connectivity index (χ1n) is 5.62. The van der Waals surface area contributed by atoms with E-state index < -0.39 is 30.6 Å². The number of carbonyl (C=O) groups is 1. The zero-order valence-corrected chi connectivity index (χ0v) is 12.0. The topological polar surface area (TPSA) is 94.3 Å². The quantitative estimate of drug-likeness (QED) is 0.489. The van der Waals surface area contributed by atoms with Crippen LogP contribution in [0.1, 0.15) is 10.4 Å². The number of nitrogens with zero attached hydrogens (tertiary/aromatic N) is 1. The van der Waals surface area contributed by atoms with E-state index in [9.17, 15) is 23.3 Å². The summed E-state index contributed by atoms with van der Waals surface area (Å²) in [6.45, 7) is 0. The number of benzene rings is 2. The maximum atomic E-state index is 12.5. The van der Waals surface area contributed by atoms with Crippen molar-refractivity contribution in [2.24, 2.45) is 0 Å². The fourth-order valence-corrected chi connectivity index (χ4v) is 3.33. The van der Waals surface area contributed by atoms with E-state index in [1.807, 2.05) is 0 Å². The van der Waals surface area contributed by atoms with E-state index in [0.717, 1.165) is 18.2 Å². The van der Waals surface area contributed by atoms with E-state index in [1.54, 1.807) is 0 Å². The fraction of sp³-hybridized carbons (Fsp3) is 0. The smallest absolute Gasteiger partial charge is 0.276 e. The summed E-state index contributed by atoms with van der Waals surface area (Å²) in [5.41, 5.74) is -0.531. The molecule has 0 radical (unpaired) electrons. The van der Waals surface area contributed by atoms with Crippen LogP contribution in [0.2, 0.25) is 0 Å². The van der Waals surface area contributed by atoms with E-state index in [0.29, 0.717) is 0 Å². The van der Waals surface area contributed by atoms with Crippen LogP contribution in [0.3, 0.4) is 0 Å². The molecule has 0 aliphatic carbocycles. The average Bonchev–Trinajstić information content (AvgIpc) is 2.47. The van der Waals surface area contributed by atoms with Crippen LogP contribution < -0.4 is 0 Å². The molecule has 8 heteroatoms. The van der Waals surface area contributed by atoms with Crippen molar-refractivity contribution in [3.8, 4) is 0 Å². The van der Waals surface area contributed by atoms with Crippen LogP contribution in [-0.4, -0.2) is 18.6 Å². The number of hydrogen-bond acceptors (Lipinski definition) is 5. The van der Waals surface area contributed by atoms with Gasteiger partial charge in [-0.15, -0.1) is 0 Å². The molecule has 0 aromatic heterocycles. The molecule has 108 valence electrons. The highest BCUT2D eigenvalue weighted by Crippen LogP contribution is 2.29. The number of nitro groups is 1. The zero-order chi connectivity index (χ0) is 15.6. The van der Waals surface area contributed by atoms with E-state index in [1.165, 1.54) is 30.3 Å². The number of halogens is 1. The predicted octanol–water partition coefficient (Wildman–Crippen LogP) is 2.81. The normalized spacial score (nSPS) is 11.1. The van der Waals surface area contributed by atoms with Crippen molar-refractivity contribution in [3.63, 3.8) is 0 Å². The second kappa shape index (κ2) is 5.63. The molecule has 2 aromatic rings. The molecule has 6 nitrogen and oxygen atoms in total. The first-order chi connectivity index (χ1) is 9.84. The second-order valence-corrected chi connectivity index (χ2v) is 6.29. The summed E-state index contributed by atoms with van der Waals surface area (Å²) in [6.07, 6.45) is 0. The molecule has 0 N–H and O–H groups in total. The molecule has 0 heterocycles. The van der Waals surface area contributed by atoms with Gasteiger partial charge in [-0.05, 0) is 29.8 Å². The van der Waals surface area contributed by atoms with Crippen LogP contribution in [0.5, 0.6) is 0 Å². The van der Waals surface area contributed by atoms with E-state index in [-0.39, 0.29) is 10.5 Å². The van der Waals surface area contributed by atoms with Gasteiger partial charge in [0.05, 0.1) is 9.82 Å². The van der Waals surface area contributed by atoms with Gasteiger partial charge in [-0.2, -0.15) is 0 Å².